The predicted molar refractivity (Wildman–Crippen MR) is 271 cm³/mol. The predicted octanol–water partition coefficient (Wildman–Crippen LogP) is 10.0. The van der Waals surface area contributed by atoms with E-state index < -0.39 is 19.9 Å². The molecular weight excluding hydrogens is 906 g/mol. The Kier molecular flexibility index (Phi) is 35.7. The van der Waals surface area contributed by atoms with Crippen molar-refractivity contribution in [2.75, 3.05) is 72.0 Å². The molecule has 372 valence electrons. The number of unbranched alkanes of at least 4 members (excludes halogenated alkanes) is 4. The Bertz CT molecular complexity index is 1740. The summed E-state index contributed by atoms with van der Waals surface area (Å²) in [6, 6.07) is 8.79. The van der Waals surface area contributed by atoms with Crippen LogP contribution in [0.1, 0.15) is 108 Å². The molecule has 2 aromatic rings. The van der Waals surface area contributed by atoms with Crippen molar-refractivity contribution in [1.29, 1.82) is 0 Å². The van der Waals surface area contributed by atoms with E-state index in [1.54, 1.807) is 12.1 Å². The van der Waals surface area contributed by atoms with Gasteiger partial charge in [-0.3, -0.25) is 19.2 Å². The lowest BCUT2D eigenvalue weighted by atomic mass is 9.98. The number of nitrogens with zero attached hydrogens (tertiary/aromatic N) is 2. The van der Waals surface area contributed by atoms with Crippen LogP contribution in [-0.2, 0) is 38.7 Å². The quantitative estimate of drug-likeness (QED) is 0.0272. The number of nitrogens with one attached hydrogen (secondary N) is 1. The lowest BCUT2D eigenvalue weighted by Crippen LogP contribution is -2.20. The summed E-state index contributed by atoms with van der Waals surface area (Å²) in [5, 5.41) is 4.02. The van der Waals surface area contributed by atoms with E-state index >= 15 is 8.78 Å². The molecule has 0 aliphatic carbocycles. The van der Waals surface area contributed by atoms with Gasteiger partial charge in [0, 0.05) is 55.5 Å². The number of alkyl halides is 2. The van der Waals surface area contributed by atoms with Crippen LogP contribution >= 0.6 is 31.9 Å². The Morgan fingerprint density at radius 1 is 0.939 bits per heavy atom. The number of rotatable bonds is 28. The molecule has 12 nitrogen and oxygen atoms in total. The van der Waals surface area contributed by atoms with Gasteiger partial charge in [0.05, 0.1) is 13.2 Å². The average molecular weight is 983 g/mol. The van der Waals surface area contributed by atoms with Crippen molar-refractivity contribution < 1.29 is 46.6 Å². The third-order valence-corrected chi connectivity index (χ3v) is 13.0. The van der Waals surface area contributed by atoms with Gasteiger partial charge in [0.15, 0.2) is 10.2 Å². The average Bonchev–Trinajstić information content (AvgIpc) is 3.71. The maximum atomic E-state index is 15.7. The molecule has 1 saturated heterocycles. The Morgan fingerprint density at radius 3 is 2.03 bits per heavy atom. The second-order valence-electron chi connectivity index (χ2n) is 16.6. The second-order valence-corrected chi connectivity index (χ2v) is 20.5. The molecule has 0 saturated carbocycles. The molecule has 0 bridgehead atoms. The van der Waals surface area contributed by atoms with Crippen LogP contribution in [-0.4, -0.2) is 117 Å². The van der Waals surface area contributed by atoms with Gasteiger partial charge in [-0.05, 0) is 130 Å². The van der Waals surface area contributed by atoms with E-state index in [1.165, 1.54) is 69.1 Å². The summed E-state index contributed by atoms with van der Waals surface area (Å²) in [7, 11) is 3.42. The van der Waals surface area contributed by atoms with Gasteiger partial charge in [0.25, 0.3) is 8.38 Å². The van der Waals surface area contributed by atoms with Crippen LogP contribution in [0.3, 0.4) is 0 Å². The van der Waals surface area contributed by atoms with Crippen LogP contribution in [0.25, 0.3) is 10.8 Å². The number of hydrogen-bond donors (Lipinski definition) is 2. The number of thioether (sulfide) groups is 2. The van der Waals surface area contributed by atoms with E-state index in [0.717, 1.165) is 74.0 Å². The molecular formula is C49H77F2N4O8PS2. The number of hydrogen-bond acceptors (Lipinski definition) is 13. The minimum Gasteiger partial charge on any atom is -0.394 e. The highest BCUT2D eigenvalue weighted by molar-refractivity contribution is 8.13. The number of fused-ring (bicyclic) bond motifs is 1. The number of benzene rings is 2. The summed E-state index contributed by atoms with van der Waals surface area (Å²) in [4.78, 5) is 68.6. The summed E-state index contributed by atoms with van der Waals surface area (Å²) in [5.74, 6) is 0.738. The Hall–Kier alpha value is -3.37. The Morgan fingerprint density at radius 2 is 1.53 bits per heavy atom. The van der Waals surface area contributed by atoms with Crippen molar-refractivity contribution in [2.24, 2.45) is 23.5 Å². The summed E-state index contributed by atoms with van der Waals surface area (Å²) in [6.07, 6.45) is 16.1. The molecule has 0 radical (unpaired) electrons. The topological polar surface area (TPSA) is 165 Å². The maximum absolute atomic E-state index is 15.7. The first kappa shape index (κ1) is 62.6. The van der Waals surface area contributed by atoms with E-state index in [0.29, 0.717) is 29.5 Å². The number of carbonyl (C=O) groups is 6. The first-order valence-electron chi connectivity index (χ1n) is 22.7. The highest BCUT2D eigenvalue weighted by Crippen LogP contribution is 2.60. The van der Waals surface area contributed by atoms with Crippen LogP contribution in [0, 0.1) is 17.8 Å². The summed E-state index contributed by atoms with van der Waals surface area (Å²) in [6.45, 7) is 16.3. The molecule has 3 N–H and O–H groups in total. The van der Waals surface area contributed by atoms with Crippen molar-refractivity contribution >= 4 is 78.2 Å². The van der Waals surface area contributed by atoms with Gasteiger partial charge in [-0.1, -0.05) is 89.2 Å². The van der Waals surface area contributed by atoms with Crippen LogP contribution < -0.4 is 11.1 Å². The number of likely N-dealkylation sites (tertiary alicyclic amines) is 1. The number of halogens is 2. The maximum Gasteiger partial charge on any atom is 0.339 e. The molecule has 2 aromatic carbocycles. The molecule has 66 heavy (non-hydrogen) atoms. The molecule has 1 atom stereocenters. The van der Waals surface area contributed by atoms with Gasteiger partial charge in [0.2, 0.25) is 5.91 Å². The zero-order chi connectivity index (χ0) is 49.9. The van der Waals surface area contributed by atoms with Gasteiger partial charge in [-0.2, -0.15) is 8.78 Å². The van der Waals surface area contributed by atoms with Gasteiger partial charge in [-0.15, -0.1) is 0 Å². The van der Waals surface area contributed by atoms with Gasteiger partial charge in [-0.25, -0.2) is 0 Å². The number of carbonyl (C=O) groups excluding carboxylic acids is 6. The SMILES string of the molecule is C=O.CC(C)CC(=O)SCCOP(OCCSC(=O)CC(C)C)C(F)(F)c1ccc2ccc(C(N)=O)cc2c1.CCCN(C)CCCCCCC=O.CN/C=C\C(=C/C=O)C1CCN(C)C1. The molecule has 1 aliphatic heterocycles. The number of nitrogens with two attached hydrogens (primary N) is 1. The minimum atomic E-state index is -3.48. The zero-order valence-corrected chi connectivity index (χ0v) is 43.1. The normalized spacial score (nSPS) is 14.2. The van der Waals surface area contributed by atoms with Crippen LogP contribution in [0.4, 0.5) is 8.78 Å². The largest absolute Gasteiger partial charge is 0.394 e. The number of primary amides is 1. The van der Waals surface area contributed by atoms with E-state index in [2.05, 4.69) is 36.1 Å². The van der Waals surface area contributed by atoms with Crippen molar-refractivity contribution in [3.8, 4) is 0 Å². The van der Waals surface area contributed by atoms with Gasteiger partial charge >= 0.3 is 5.66 Å². The third kappa shape index (κ3) is 28.1. The van der Waals surface area contributed by atoms with Crippen LogP contribution in [0.15, 0.2) is 60.3 Å². The summed E-state index contributed by atoms with van der Waals surface area (Å²) < 4.78 is 42.4. The van der Waals surface area contributed by atoms with Gasteiger partial charge in [0.1, 0.15) is 19.4 Å². The zero-order valence-electron chi connectivity index (χ0n) is 40.6. The highest BCUT2D eigenvalue weighted by atomic mass is 32.2. The molecule has 1 amide bonds. The first-order valence-corrected chi connectivity index (χ1v) is 25.8. The monoisotopic (exact) mass is 982 g/mol. The Balaban J connectivity index is 0.00000118. The molecule has 17 heteroatoms. The molecule has 0 aromatic heterocycles. The fourth-order valence-corrected chi connectivity index (χ4v) is 9.68. The highest BCUT2D eigenvalue weighted by Gasteiger charge is 2.45. The Labute approximate surface area is 403 Å². The van der Waals surface area contributed by atoms with Crippen molar-refractivity contribution in [1.82, 2.24) is 15.1 Å². The smallest absolute Gasteiger partial charge is 0.339 e. The number of allylic oxidation sites excluding steroid dienone is 2. The van der Waals surface area contributed by atoms with Gasteiger partial charge < -0.3 is 39.5 Å². The molecule has 1 heterocycles. The standard InChI is InChI=1S/C26H34F2NO5PS2.C11H18N2O.C11H23NO.CH2O/c1-17(2)13-23(30)36-11-9-33-35(34-10-12-37-24(31)14-18(3)4)26(27,28)22-8-7-19-5-6-20(25(29)32)15-21(19)16-22;1-12-6-3-10(5-8-14)11-4-7-13(2)9-11;1-3-9-12(2)10-7-5-4-6-8-11-13;1-2/h5-8,15-18H,9-14H2,1-4H3,(H2,29,32);3,5-6,8,11-12H,4,7,9H2,1-2H3;11H,3-10H2,1-2H3;1H2/b;6-3-,10-5+;;. The van der Waals surface area contributed by atoms with E-state index in [1.807, 2.05) is 53.8 Å². The second kappa shape index (κ2) is 37.6. The van der Waals surface area contributed by atoms with Crippen molar-refractivity contribution in [3.63, 3.8) is 0 Å². The fourth-order valence-electron chi connectivity index (χ4n) is 6.48. The van der Waals surface area contributed by atoms with Crippen molar-refractivity contribution in [2.45, 2.75) is 98.1 Å². The molecule has 1 fully saturated rings. The van der Waals surface area contributed by atoms with Crippen LogP contribution in [0.5, 0.6) is 0 Å². The van der Waals surface area contributed by atoms with E-state index in [9.17, 15) is 24.0 Å². The lowest BCUT2D eigenvalue weighted by molar-refractivity contribution is -0.112. The van der Waals surface area contributed by atoms with Crippen LogP contribution in [0.2, 0.25) is 0 Å². The van der Waals surface area contributed by atoms with E-state index in [4.69, 9.17) is 19.6 Å². The molecule has 3 rings (SSSR count). The first-order chi connectivity index (χ1) is 31.5. The molecule has 1 aliphatic rings. The summed E-state index contributed by atoms with van der Waals surface area (Å²) >= 11 is 2.10. The minimum absolute atomic E-state index is 0.0181. The number of amides is 1. The van der Waals surface area contributed by atoms with E-state index in [-0.39, 0.29) is 57.9 Å². The number of aldehydes is 2. The molecule has 1 unspecified atom stereocenters. The summed E-state index contributed by atoms with van der Waals surface area (Å²) in [5.41, 5.74) is 2.87. The third-order valence-electron chi connectivity index (χ3n) is 9.74. The fraction of sp³-hybridized carbons (Fsp3) is 0.592. The lowest BCUT2D eigenvalue weighted by Gasteiger charge is -2.26. The van der Waals surface area contributed by atoms with Crippen molar-refractivity contribution in [3.05, 3.63) is 71.5 Å². The molecule has 0 spiro atoms.